The van der Waals surface area contributed by atoms with Gasteiger partial charge in [-0.05, 0) is 31.4 Å². The minimum atomic E-state index is -0.690. The second-order valence-electron chi connectivity index (χ2n) is 5.06. The van der Waals surface area contributed by atoms with Crippen molar-refractivity contribution in [2.45, 2.75) is 30.6 Å². The van der Waals surface area contributed by atoms with Gasteiger partial charge in [0.1, 0.15) is 5.75 Å². The Morgan fingerprint density at radius 1 is 1.37 bits per heavy atom. The Bertz CT molecular complexity index is 543. The number of carboxylic acid groups (broad SMARTS) is 1. The molecular formula is C14H15NO3S. The quantitative estimate of drug-likeness (QED) is 0.871. The predicted molar refractivity (Wildman–Crippen MR) is 74.8 cm³/mol. The number of aromatic hydroxyl groups is 1. The van der Waals surface area contributed by atoms with E-state index in [9.17, 15) is 9.90 Å². The number of hydrogen-bond acceptors (Lipinski definition) is 4. The molecule has 3 unspecified atom stereocenters. The lowest BCUT2D eigenvalue weighted by atomic mass is 9.86. The van der Waals surface area contributed by atoms with Crippen LogP contribution in [0, 0.1) is 5.92 Å². The lowest BCUT2D eigenvalue weighted by Gasteiger charge is -2.27. The van der Waals surface area contributed by atoms with Crippen LogP contribution in [0.5, 0.6) is 5.75 Å². The normalized spacial score (nSPS) is 29.7. The second kappa shape index (κ2) is 4.89. The molecule has 1 aromatic carbocycles. The maximum absolute atomic E-state index is 11.1. The molecule has 19 heavy (non-hydrogen) atoms. The number of fused-ring (bicyclic) bond motifs is 1. The van der Waals surface area contributed by atoms with Gasteiger partial charge in [0.25, 0.3) is 0 Å². The van der Waals surface area contributed by atoms with Gasteiger partial charge >= 0.3 is 5.97 Å². The summed E-state index contributed by atoms with van der Waals surface area (Å²) in [7, 11) is 0. The zero-order valence-corrected chi connectivity index (χ0v) is 11.1. The summed E-state index contributed by atoms with van der Waals surface area (Å²) >= 11 is 1.65. The van der Waals surface area contributed by atoms with Gasteiger partial charge in [0, 0.05) is 10.8 Å². The number of thioether (sulfide) groups is 1. The molecule has 4 nitrogen and oxygen atoms in total. The van der Waals surface area contributed by atoms with Gasteiger partial charge in [0.05, 0.1) is 17.0 Å². The van der Waals surface area contributed by atoms with Crippen molar-refractivity contribution in [1.29, 1.82) is 0 Å². The zero-order chi connectivity index (χ0) is 13.4. The molecule has 0 aromatic heterocycles. The van der Waals surface area contributed by atoms with Crippen LogP contribution in [0.2, 0.25) is 0 Å². The number of rotatable bonds is 2. The van der Waals surface area contributed by atoms with E-state index in [1.54, 1.807) is 30.0 Å². The maximum Gasteiger partial charge on any atom is 0.306 e. The van der Waals surface area contributed by atoms with Gasteiger partial charge < -0.3 is 10.2 Å². The van der Waals surface area contributed by atoms with E-state index in [4.69, 9.17) is 10.1 Å². The van der Waals surface area contributed by atoms with Gasteiger partial charge in [-0.3, -0.25) is 9.79 Å². The summed E-state index contributed by atoms with van der Waals surface area (Å²) in [6, 6.07) is 7.31. The zero-order valence-electron chi connectivity index (χ0n) is 10.3. The number of carboxylic acids is 1. The fourth-order valence-corrected chi connectivity index (χ4v) is 4.15. The van der Waals surface area contributed by atoms with Crippen LogP contribution in [0.25, 0.3) is 0 Å². The Kier molecular flexibility index (Phi) is 3.22. The molecule has 0 saturated heterocycles. The van der Waals surface area contributed by atoms with Crippen molar-refractivity contribution in [2.75, 3.05) is 0 Å². The van der Waals surface area contributed by atoms with Crippen LogP contribution >= 0.6 is 11.8 Å². The molecular weight excluding hydrogens is 262 g/mol. The summed E-state index contributed by atoms with van der Waals surface area (Å²) in [6.07, 6.45) is 2.25. The van der Waals surface area contributed by atoms with E-state index in [1.165, 1.54) is 0 Å². The van der Waals surface area contributed by atoms with Crippen molar-refractivity contribution >= 4 is 22.8 Å². The summed E-state index contributed by atoms with van der Waals surface area (Å²) in [5.41, 5.74) is 0.922. The molecule has 0 radical (unpaired) electrons. The van der Waals surface area contributed by atoms with Crippen LogP contribution in [0.3, 0.4) is 0 Å². The molecule has 1 aliphatic heterocycles. The minimum Gasteiger partial charge on any atom is -0.508 e. The van der Waals surface area contributed by atoms with Crippen LogP contribution in [0.4, 0.5) is 0 Å². The molecule has 1 aliphatic carbocycles. The first-order chi connectivity index (χ1) is 9.13. The van der Waals surface area contributed by atoms with Crippen LogP contribution in [-0.4, -0.2) is 32.5 Å². The Balaban J connectivity index is 1.77. The first-order valence-electron chi connectivity index (χ1n) is 6.40. The van der Waals surface area contributed by atoms with E-state index >= 15 is 0 Å². The van der Waals surface area contributed by atoms with Gasteiger partial charge in [-0.15, -0.1) is 11.8 Å². The summed E-state index contributed by atoms with van der Waals surface area (Å²) < 4.78 is 0. The number of phenolic OH excluding ortho intramolecular Hbond substituents is 1. The molecule has 0 amide bonds. The number of nitrogens with zero attached hydrogens (tertiary/aromatic N) is 1. The standard InChI is InChI=1S/C14H15NO3S/c16-10-3-1-2-8(6-10)13-15-11-5-4-9(14(17)18)7-12(11)19-13/h1-3,6,9,11-12,16H,4-5,7H2,(H,17,18). The van der Waals surface area contributed by atoms with Crippen LogP contribution in [0.1, 0.15) is 24.8 Å². The topological polar surface area (TPSA) is 69.9 Å². The number of benzene rings is 1. The average molecular weight is 277 g/mol. The first kappa shape index (κ1) is 12.5. The molecule has 0 bridgehead atoms. The molecule has 1 fully saturated rings. The third-order valence-electron chi connectivity index (χ3n) is 3.75. The molecule has 3 atom stereocenters. The molecule has 2 N–H and O–H groups in total. The smallest absolute Gasteiger partial charge is 0.306 e. The van der Waals surface area contributed by atoms with Gasteiger partial charge in [0.2, 0.25) is 0 Å². The number of phenols is 1. The van der Waals surface area contributed by atoms with Crippen LogP contribution in [0.15, 0.2) is 29.3 Å². The summed E-state index contributed by atoms with van der Waals surface area (Å²) in [4.78, 5) is 15.8. The maximum atomic E-state index is 11.1. The summed E-state index contributed by atoms with van der Waals surface area (Å²) in [5, 5.41) is 19.8. The SMILES string of the molecule is O=C(O)C1CCC2N=C(c3cccc(O)c3)SC2C1. The van der Waals surface area contributed by atoms with E-state index < -0.39 is 5.97 Å². The van der Waals surface area contributed by atoms with Crippen LogP contribution < -0.4 is 0 Å². The van der Waals surface area contributed by atoms with Crippen molar-refractivity contribution in [3.05, 3.63) is 29.8 Å². The Labute approximate surface area is 115 Å². The lowest BCUT2D eigenvalue weighted by molar-refractivity contribution is -0.142. The Hall–Kier alpha value is -1.49. The molecule has 100 valence electrons. The van der Waals surface area contributed by atoms with Crippen molar-refractivity contribution in [1.82, 2.24) is 0 Å². The Morgan fingerprint density at radius 3 is 2.95 bits per heavy atom. The first-order valence-corrected chi connectivity index (χ1v) is 7.28. The van der Waals surface area contributed by atoms with Crippen molar-refractivity contribution in [2.24, 2.45) is 10.9 Å². The van der Waals surface area contributed by atoms with Crippen molar-refractivity contribution < 1.29 is 15.0 Å². The third kappa shape index (κ3) is 2.47. The highest BCUT2D eigenvalue weighted by molar-refractivity contribution is 8.15. The highest BCUT2D eigenvalue weighted by Gasteiger charge is 2.38. The molecule has 2 aliphatic rings. The van der Waals surface area contributed by atoms with Gasteiger partial charge in [0.15, 0.2) is 0 Å². The van der Waals surface area contributed by atoms with E-state index in [1.807, 2.05) is 6.07 Å². The van der Waals surface area contributed by atoms with Crippen molar-refractivity contribution in [3.63, 3.8) is 0 Å². The molecule has 0 spiro atoms. The average Bonchev–Trinajstić information content (AvgIpc) is 2.81. The number of carbonyl (C=O) groups is 1. The summed E-state index contributed by atoms with van der Waals surface area (Å²) in [6.45, 7) is 0. The fourth-order valence-electron chi connectivity index (χ4n) is 2.72. The van der Waals surface area contributed by atoms with E-state index in [-0.39, 0.29) is 23.0 Å². The second-order valence-corrected chi connectivity index (χ2v) is 6.28. The number of aliphatic imine (C=N–C) groups is 1. The monoisotopic (exact) mass is 277 g/mol. The van der Waals surface area contributed by atoms with E-state index in [0.717, 1.165) is 17.0 Å². The number of aliphatic carboxylic acids is 1. The number of hydrogen-bond donors (Lipinski definition) is 2. The van der Waals surface area contributed by atoms with Gasteiger partial charge in [-0.1, -0.05) is 12.1 Å². The molecule has 1 heterocycles. The van der Waals surface area contributed by atoms with Gasteiger partial charge in [-0.2, -0.15) is 0 Å². The largest absolute Gasteiger partial charge is 0.508 e. The van der Waals surface area contributed by atoms with E-state index in [2.05, 4.69) is 0 Å². The Morgan fingerprint density at radius 2 is 2.21 bits per heavy atom. The molecule has 1 aromatic rings. The molecule has 1 saturated carbocycles. The lowest BCUT2D eigenvalue weighted by Crippen LogP contribution is -2.31. The molecule has 3 rings (SSSR count). The van der Waals surface area contributed by atoms with E-state index in [0.29, 0.717) is 12.8 Å². The summed E-state index contributed by atoms with van der Waals surface area (Å²) in [5.74, 6) is -0.684. The highest BCUT2D eigenvalue weighted by atomic mass is 32.2. The third-order valence-corrected chi connectivity index (χ3v) is 5.12. The predicted octanol–water partition coefficient (Wildman–Crippen LogP) is 2.51. The molecule has 5 heteroatoms. The van der Waals surface area contributed by atoms with Crippen LogP contribution in [-0.2, 0) is 4.79 Å². The fraction of sp³-hybridized carbons (Fsp3) is 0.429. The minimum absolute atomic E-state index is 0.229. The van der Waals surface area contributed by atoms with Crippen molar-refractivity contribution in [3.8, 4) is 5.75 Å². The highest BCUT2D eigenvalue weighted by Crippen LogP contribution is 2.41. The van der Waals surface area contributed by atoms with Gasteiger partial charge in [-0.25, -0.2) is 0 Å².